The highest BCUT2D eigenvalue weighted by Gasteiger charge is 2.51. The molecule has 1 atom stereocenters. The molecular formula is C13H21NO3S. The van der Waals surface area contributed by atoms with Gasteiger partial charge in [0.25, 0.3) is 0 Å². The SMILES string of the molecule is CCS(=O)(O)(O)N1c2ccccc2C(C)(C)C1C. The largest absolute Gasteiger partial charge is 0.293 e. The Hall–Kier alpha value is -0.910. The normalized spacial score (nSPS) is 24.4. The fourth-order valence-corrected chi connectivity index (χ4v) is 4.32. The lowest BCUT2D eigenvalue weighted by Crippen LogP contribution is -2.56. The Kier molecular flexibility index (Phi) is 2.67. The first kappa shape index (κ1) is 13.5. The molecule has 0 spiro atoms. The quantitative estimate of drug-likeness (QED) is 0.869. The Morgan fingerprint density at radius 2 is 1.89 bits per heavy atom. The van der Waals surface area contributed by atoms with Crippen molar-refractivity contribution in [3.05, 3.63) is 29.8 Å². The monoisotopic (exact) mass is 271 g/mol. The van der Waals surface area contributed by atoms with E-state index >= 15 is 0 Å². The fraction of sp³-hybridized carbons (Fsp3) is 0.538. The number of rotatable bonds is 2. The zero-order chi connectivity index (χ0) is 13.8. The van der Waals surface area contributed by atoms with Crippen LogP contribution in [0.5, 0.6) is 0 Å². The van der Waals surface area contributed by atoms with Gasteiger partial charge in [0, 0.05) is 5.41 Å². The van der Waals surface area contributed by atoms with Crippen LogP contribution in [0, 0.1) is 0 Å². The fourth-order valence-electron chi connectivity index (χ4n) is 2.59. The van der Waals surface area contributed by atoms with E-state index in [4.69, 9.17) is 0 Å². The van der Waals surface area contributed by atoms with E-state index in [1.807, 2.05) is 39.0 Å². The molecule has 0 fully saturated rings. The van der Waals surface area contributed by atoms with Gasteiger partial charge in [0.15, 0.2) is 9.81 Å². The van der Waals surface area contributed by atoms with E-state index in [1.165, 1.54) is 11.2 Å². The van der Waals surface area contributed by atoms with E-state index in [2.05, 4.69) is 0 Å². The summed E-state index contributed by atoms with van der Waals surface area (Å²) in [4.78, 5) is 0. The first-order valence-electron chi connectivity index (χ1n) is 6.14. The van der Waals surface area contributed by atoms with Crippen molar-refractivity contribution >= 4 is 15.5 Å². The van der Waals surface area contributed by atoms with Crippen LogP contribution in [0.25, 0.3) is 0 Å². The van der Waals surface area contributed by atoms with Crippen LogP contribution in [0.3, 0.4) is 0 Å². The van der Waals surface area contributed by atoms with Gasteiger partial charge in [0.1, 0.15) is 0 Å². The van der Waals surface area contributed by atoms with Gasteiger partial charge in [-0.05, 0) is 25.5 Å². The van der Waals surface area contributed by atoms with Crippen LogP contribution in [-0.4, -0.2) is 25.1 Å². The van der Waals surface area contributed by atoms with Crippen molar-refractivity contribution in [3.8, 4) is 0 Å². The third-order valence-electron chi connectivity index (χ3n) is 4.13. The molecule has 1 aromatic rings. The highest BCUT2D eigenvalue weighted by atomic mass is 32.3. The minimum atomic E-state index is -4.77. The molecule has 0 bridgehead atoms. The number of nitrogens with zero attached hydrogens (tertiary/aromatic N) is 1. The minimum absolute atomic E-state index is 0.202. The Balaban J connectivity index is 2.70. The molecule has 5 heteroatoms. The number of hydrogen-bond donors (Lipinski definition) is 2. The topological polar surface area (TPSA) is 60.8 Å². The molecule has 1 aliphatic heterocycles. The first-order valence-corrected chi connectivity index (χ1v) is 8.14. The molecule has 102 valence electrons. The standard InChI is InChI=1S/C13H21NO3S/c1-5-18(15,16,17)14-10(2)13(3,4)11-8-6-7-9-12(11)14/h6-10H,5H2,1-4H3,(H2,15,16,17). The molecule has 0 radical (unpaired) electrons. The Morgan fingerprint density at radius 1 is 1.33 bits per heavy atom. The summed E-state index contributed by atoms with van der Waals surface area (Å²) in [5.41, 5.74) is 1.37. The first-order chi connectivity index (χ1) is 8.09. The van der Waals surface area contributed by atoms with Gasteiger partial charge in [-0.15, -0.1) is 0 Å². The van der Waals surface area contributed by atoms with Gasteiger partial charge in [0.2, 0.25) is 0 Å². The van der Waals surface area contributed by atoms with Crippen LogP contribution in [0.2, 0.25) is 0 Å². The average molecular weight is 271 g/mol. The van der Waals surface area contributed by atoms with Crippen LogP contribution in [0.4, 0.5) is 5.69 Å². The predicted molar refractivity (Wildman–Crippen MR) is 75.4 cm³/mol. The summed E-state index contributed by atoms with van der Waals surface area (Å²) in [6.45, 7) is 7.44. The van der Waals surface area contributed by atoms with Gasteiger partial charge in [0.05, 0.1) is 17.5 Å². The highest BCUT2D eigenvalue weighted by Crippen LogP contribution is 2.49. The lowest BCUT2D eigenvalue weighted by molar-refractivity contribution is 0.367. The molecule has 1 heterocycles. The van der Waals surface area contributed by atoms with Crippen molar-refractivity contribution < 1.29 is 13.3 Å². The third kappa shape index (κ3) is 1.69. The second kappa shape index (κ2) is 3.56. The number of fused-ring (bicyclic) bond motifs is 1. The molecule has 2 N–H and O–H groups in total. The summed E-state index contributed by atoms with van der Waals surface area (Å²) < 4.78 is 34.1. The van der Waals surface area contributed by atoms with Crippen LogP contribution < -0.4 is 4.31 Å². The summed E-state index contributed by atoms with van der Waals surface area (Å²) in [6.07, 6.45) is 0. The molecule has 2 rings (SSSR count). The molecule has 1 unspecified atom stereocenters. The van der Waals surface area contributed by atoms with E-state index in [0.29, 0.717) is 5.69 Å². The van der Waals surface area contributed by atoms with Crippen molar-refractivity contribution in [1.82, 2.24) is 0 Å². The molecule has 1 aromatic carbocycles. The molecule has 1 aliphatic rings. The zero-order valence-corrected chi connectivity index (χ0v) is 12.1. The van der Waals surface area contributed by atoms with E-state index < -0.39 is 9.81 Å². The Bertz CT molecular complexity index is 547. The van der Waals surface area contributed by atoms with Gasteiger partial charge >= 0.3 is 0 Å². The lowest BCUT2D eigenvalue weighted by atomic mass is 9.81. The van der Waals surface area contributed by atoms with Gasteiger partial charge in [-0.25, -0.2) is 4.21 Å². The number of para-hydroxylation sites is 1. The average Bonchev–Trinajstić information content (AvgIpc) is 2.48. The van der Waals surface area contributed by atoms with Crippen molar-refractivity contribution in [2.45, 2.75) is 39.2 Å². The Morgan fingerprint density at radius 3 is 2.44 bits per heavy atom. The summed E-state index contributed by atoms with van der Waals surface area (Å²) in [5, 5.41) is 0. The maximum absolute atomic E-state index is 12.5. The molecule has 4 nitrogen and oxygen atoms in total. The van der Waals surface area contributed by atoms with Gasteiger partial charge in [-0.2, -0.15) is 0 Å². The highest BCUT2D eigenvalue weighted by molar-refractivity contribution is 8.11. The summed E-state index contributed by atoms with van der Waals surface area (Å²) in [7, 11) is -4.77. The van der Waals surface area contributed by atoms with Crippen molar-refractivity contribution in [1.29, 1.82) is 0 Å². The number of anilines is 1. The maximum Gasteiger partial charge on any atom is 0.159 e. The molecule has 0 aromatic heterocycles. The number of hydrogen-bond acceptors (Lipinski definition) is 1. The van der Waals surface area contributed by atoms with E-state index in [0.717, 1.165) is 5.56 Å². The third-order valence-corrected chi connectivity index (χ3v) is 6.45. The minimum Gasteiger partial charge on any atom is -0.293 e. The van der Waals surface area contributed by atoms with Crippen molar-refractivity contribution in [2.24, 2.45) is 0 Å². The van der Waals surface area contributed by atoms with Crippen LogP contribution in [-0.2, 0) is 15.2 Å². The van der Waals surface area contributed by atoms with E-state index in [1.54, 1.807) is 6.07 Å². The van der Waals surface area contributed by atoms with Crippen LogP contribution in [0.15, 0.2) is 24.3 Å². The predicted octanol–water partition coefficient (Wildman–Crippen LogP) is 2.87. The number of benzene rings is 1. The van der Waals surface area contributed by atoms with Crippen LogP contribution in [0.1, 0.15) is 33.3 Å². The lowest BCUT2D eigenvalue weighted by Gasteiger charge is -2.44. The summed E-state index contributed by atoms with van der Waals surface area (Å²) in [6, 6.07) is 7.22. The molecule has 0 aliphatic carbocycles. The zero-order valence-electron chi connectivity index (χ0n) is 11.3. The molecule has 0 amide bonds. The maximum atomic E-state index is 12.5. The van der Waals surface area contributed by atoms with E-state index in [-0.39, 0.29) is 17.2 Å². The summed E-state index contributed by atoms with van der Waals surface area (Å²) in [5.74, 6) is -0.202. The molecule has 0 saturated carbocycles. The van der Waals surface area contributed by atoms with Crippen molar-refractivity contribution in [3.63, 3.8) is 0 Å². The van der Waals surface area contributed by atoms with Gasteiger partial charge in [-0.3, -0.25) is 13.4 Å². The van der Waals surface area contributed by atoms with Crippen LogP contribution >= 0.6 is 0 Å². The van der Waals surface area contributed by atoms with E-state index in [9.17, 15) is 13.3 Å². The second-order valence-electron chi connectivity index (χ2n) is 5.50. The molecular weight excluding hydrogens is 250 g/mol. The van der Waals surface area contributed by atoms with Gasteiger partial charge in [-0.1, -0.05) is 32.0 Å². The Labute approximate surface area is 108 Å². The molecule has 18 heavy (non-hydrogen) atoms. The molecule has 0 saturated heterocycles. The van der Waals surface area contributed by atoms with Crippen molar-refractivity contribution in [2.75, 3.05) is 10.1 Å². The summed E-state index contributed by atoms with van der Waals surface area (Å²) >= 11 is 0. The smallest absolute Gasteiger partial charge is 0.159 e. The van der Waals surface area contributed by atoms with Gasteiger partial charge < -0.3 is 0 Å². The second-order valence-corrected chi connectivity index (χ2v) is 8.42.